The van der Waals surface area contributed by atoms with Gasteiger partial charge in [0, 0.05) is 26.7 Å². The van der Waals surface area contributed by atoms with Crippen molar-refractivity contribution in [3.05, 3.63) is 0 Å². The Labute approximate surface area is 158 Å². The summed E-state index contributed by atoms with van der Waals surface area (Å²) in [6.07, 6.45) is 4.81. The highest BCUT2D eigenvalue weighted by Crippen LogP contribution is 2.29. The van der Waals surface area contributed by atoms with E-state index in [1.807, 2.05) is 32.6 Å². The van der Waals surface area contributed by atoms with Crippen LogP contribution in [0, 0.1) is 11.8 Å². The Morgan fingerprint density at radius 2 is 1.73 bits per heavy atom. The number of nitrogens with zero attached hydrogens (tertiary/aromatic N) is 2. The first-order valence-corrected chi connectivity index (χ1v) is 10.00. The van der Waals surface area contributed by atoms with Crippen LogP contribution in [0.5, 0.6) is 0 Å². The van der Waals surface area contributed by atoms with E-state index in [0.717, 1.165) is 39.0 Å². The third-order valence-electron chi connectivity index (χ3n) is 5.13. The molecule has 0 bridgehead atoms. The first kappa shape index (κ1) is 21.0. The molecular formula is C20H36N2O4. The molecule has 2 rings (SSSR count). The number of carbonyl (C=O) groups is 2. The van der Waals surface area contributed by atoms with Gasteiger partial charge in [-0.1, -0.05) is 0 Å². The highest BCUT2D eigenvalue weighted by atomic mass is 16.6. The molecule has 2 aliphatic rings. The van der Waals surface area contributed by atoms with Crippen LogP contribution in [0.25, 0.3) is 0 Å². The van der Waals surface area contributed by atoms with Gasteiger partial charge in [0.2, 0.25) is 0 Å². The molecule has 6 nitrogen and oxygen atoms in total. The first-order chi connectivity index (χ1) is 12.2. The summed E-state index contributed by atoms with van der Waals surface area (Å²) in [5.74, 6) is 1.35. The minimum atomic E-state index is -0.463. The van der Waals surface area contributed by atoms with E-state index in [0.29, 0.717) is 18.4 Å². The van der Waals surface area contributed by atoms with Gasteiger partial charge < -0.3 is 19.3 Å². The molecule has 1 saturated heterocycles. The molecule has 0 radical (unpaired) electrons. The molecule has 1 saturated carbocycles. The van der Waals surface area contributed by atoms with Crippen LogP contribution >= 0.6 is 0 Å². The molecule has 0 spiro atoms. The van der Waals surface area contributed by atoms with Gasteiger partial charge in [-0.2, -0.15) is 0 Å². The van der Waals surface area contributed by atoms with E-state index >= 15 is 0 Å². The maximum Gasteiger partial charge on any atom is 0.410 e. The van der Waals surface area contributed by atoms with Crippen LogP contribution < -0.4 is 0 Å². The molecule has 1 atom stereocenters. The zero-order chi connectivity index (χ0) is 19.3. The van der Waals surface area contributed by atoms with Crippen LogP contribution in [0.3, 0.4) is 0 Å². The Morgan fingerprint density at radius 3 is 2.27 bits per heavy atom. The second-order valence-corrected chi connectivity index (χ2v) is 8.88. The maximum absolute atomic E-state index is 12.5. The Morgan fingerprint density at radius 1 is 1.12 bits per heavy atom. The Hall–Kier alpha value is -1.30. The van der Waals surface area contributed by atoms with E-state index < -0.39 is 5.60 Å². The number of ether oxygens (including phenoxy) is 2. The number of hydrogen-bond acceptors (Lipinski definition) is 4. The van der Waals surface area contributed by atoms with E-state index in [-0.39, 0.29) is 18.1 Å². The van der Waals surface area contributed by atoms with Crippen molar-refractivity contribution < 1.29 is 19.1 Å². The fraction of sp³-hybridized carbons (Fsp3) is 0.900. The summed E-state index contributed by atoms with van der Waals surface area (Å²) in [5, 5.41) is 0. The van der Waals surface area contributed by atoms with E-state index in [2.05, 4.69) is 0 Å². The molecule has 0 aromatic heterocycles. The number of piperidine rings is 1. The summed E-state index contributed by atoms with van der Waals surface area (Å²) in [6, 6.07) is 0. The molecule has 1 heterocycles. The molecule has 1 aliphatic heterocycles. The normalized spacial score (nSPS) is 20.0. The SMILES string of the molecule is CC(OCC1CC1)C(=O)N1CCC(CCN(C)C(=O)OC(C)(C)C)CC1. The fourth-order valence-corrected chi connectivity index (χ4v) is 3.14. The summed E-state index contributed by atoms with van der Waals surface area (Å²) in [5.41, 5.74) is -0.463. The standard InChI is InChI=1S/C20H36N2O4/c1-15(25-14-17-6-7-17)18(23)22-12-9-16(10-13-22)8-11-21(5)19(24)26-20(2,3)4/h15-17H,6-14H2,1-5H3. The lowest BCUT2D eigenvalue weighted by Crippen LogP contribution is -2.44. The highest BCUT2D eigenvalue weighted by Gasteiger charge is 2.29. The minimum absolute atomic E-state index is 0.120. The average molecular weight is 369 g/mol. The van der Waals surface area contributed by atoms with Crippen molar-refractivity contribution in [1.29, 1.82) is 0 Å². The molecule has 2 fully saturated rings. The van der Waals surface area contributed by atoms with Gasteiger partial charge in [-0.3, -0.25) is 4.79 Å². The predicted octanol–water partition coefficient (Wildman–Crippen LogP) is 3.30. The van der Waals surface area contributed by atoms with Gasteiger partial charge in [-0.15, -0.1) is 0 Å². The summed E-state index contributed by atoms with van der Waals surface area (Å²) >= 11 is 0. The topological polar surface area (TPSA) is 59.1 Å². The fourth-order valence-electron chi connectivity index (χ4n) is 3.14. The molecule has 0 aromatic rings. The van der Waals surface area contributed by atoms with Crippen LogP contribution in [0.1, 0.15) is 59.8 Å². The summed E-state index contributed by atoms with van der Waals surface area (Å²) in [4.78, 5) is 28.0. The van der Waals surface area contributed by atoms with Crippen molar-refractivity contribution in [2.45, 2.75) is 71.5 Å². The lowest BCUT2D eigenvalue weighted by atomic mass is 9.93. The van der Waals surface area contributed by atoms with Gasteiger partial charge >= 0.3 is 6.09 Å². The van der Waals surface area contributed by atoms with Gasteiger partial charge in [-0.25, -0.2) is 4.79 Å². The van der Waals surface area contributed by atoms with Crippen LogP contribution in [0.15, 0.2) is 0 Å². The smallest absolute Gasteiger partial charge is 0.410 e. The van der Waals surface area contributed by atoms with E-state index in [4.69, 9.17) is 9.47 Å². The van der Waals surface area contributed by atoms with Crippen molar-refractivity contribution in [1.82, 2.24) is 9.80 Å². The number of rotatable bonds is 7. The molecule has 2 amide bonds. The third kappa shape index (κ3) is 7.14. The largest absolute Gasteiger partial charge is 0.444 e. The number of likely N-dealkylation sites (tertiary alicyclic amines) is 1. The zero-order valence-electron chi connectivity index (χ0n) is 17.1. The number of hydrogen-bond donors (Lipinski definition) is 0. The van der Waals surface area contributed by atoms with Gasteiger partial charge in [0.1, 0.15) is 11.7 Å². The Balaban J connectivity index is 1.64. The molecule has 1 aliphatic carbocycles. The van der Waals surface area contributed by atoms with E-state index in [1.54, 1.807) is 11.9 Å². The molecular weight excluding hydrogens is 332 g/mol. The summed E-state index contributed by atoms with van der Waals surface area (Å²) in [7, 11) is 1.78. The molecule has 0 N–H and O–H groups in total. The number of carbonyl (C=O) groups excluding carboxylic acids is 2. The Kier molecular flexibility index (Phi) is 7.33. The van der Waals surface area contributed by atoms with Crippen LogP contribution in [-0.2, 0) is 14.3 Å². The van der Waals surface area contributed by atoms with Gasteiger partial charge in [-0.05, 0) is 71.6 Å². The van der Waals surface area contributed by atoms with Crippen molar-refractivity contribution in [2.24, 2.45) is 11.8 Å². The average Bonchev–Trinajstić information content (AvgIpc) is 3.40. The predicted molar refractivity (Wildman–Crippen MR) is 101 cm³/mol. The second-order valence-electron chi connectivity index (χ2n) is 8.88. The van der Waals surface area contributed by atoms with Crippen LogP contribution in [-0.4, -0.2) is 66.8 Å². The monoisotopic (exact) mass is 368 g/mol. The van der Waals surface area contributed by atoms with Crippen LogP contribution in [0.2, 0.25) is 0 Å². The van der Waals surface area contributed by atoms with Gasteiger partial charge in [0.05, 0.1) is 6.61 Å². The summed E-state index contributed by atoms with van der Waals surface area (Å²) < 4.78 is 11.1. The van der Waals surface area contributed by atoms with Gasteiger partial charge in [0.25, 0.3) is 5.91 Å². The molecule has 0 aromatic carbocycles. The minimum Gasteiger partial charge on any atom is -0.444 e. The van der Waals surface area contributed by atoms with Crippen molar-refractivity contribution in [3.63, 3.8) is 0 Å². The second kappa shape index (κ2) is 9.07. The molecule has 26 heavy (non-hydrogen) atoms. The third-order valence-corrected chi connectivity index (χ3v) is 5.13. The zero-order valence-corrected chi connectivity index (χ0v) is 17.1. The quantitative estimate of drug-likeness (QED) is 0.692. The van der Waals surface area contributed by atoms with Crippen LogP contribution in [0.4, 0.5) is 4.79 Å². The first-order valence-electron chi connectivity index (χ1n) is 10.00. The lowest BCUT2D eigenvalue weighted by molar-refractivity contribution is -0.144. The molecule has 150 valence electrons. The van der Waals surface area contributed by atoms with Crippen molar-refractivity contribution in [3.8, 4) is 0 Å². The lowest BCUT2D eigenvalue weighted by Gasteiger charge is -2.34. The van der Waals surface area contributed by atoms with E-state index in [1.165, 1.54) is 12.8 Å². The Bertz CT molecular complexity index is 477. The molecule has 1 unspecified atom stereocenters. The van der Waals surface area contributed by atoms with Crippen molar-refractivity contribution >= 4 is 12.0 Å². The van der Waals surface area contributed by atoms with Gasteiger partial charge in [0.15, 0.2) is 0 Å². The highest BCUT2D eigenvalue weighted by molar-refractivity contribution is 5.80. The maximum atomic E-state index is 12.5. The number of amides is 2. The van der Waals surface area contributed by atoms with Crippen molar-refractivity contribution in [2.75, 3.05) is 33.3 Å². The summed E-state index contributed by atoms with van der Waals surface area (Å²) in [6.45, 7) is 10.5. The molecule has 6 heteroatoms. The van der Waals surface area contributed by atoms with E-state index in [9.17, 15) is 9.59 Å².